The minimum Gasteiger partial charge on any atom is -0.497 e. The molecule has 0 aliphatic carbocycles. The number of ether oxygens (including phenoxy) is 2. The number of hydrogen-bond donors (Lipinski definition) is 2. The van der Waals surface area contributed by atoms with E-state index in [1.165, 1.54) is 25.1 Å². The highest BCUT2D eigenvalue weighted by molar-refractivity contribution is 5.91. The maximum absolute atomic E-state index is 12.7. The van der Waals surface area contributed by atoms with E-state index >= 15 is 0 Å². The lowest BCUT2D eigenvalue weighted by Gasteiger charge is -2.21. The topological polar surface area (TPSA) is 104 Å². The van der Waals surface area contributed by atoms with Crippen LogP contribution in [0.2, 0.25) is 0 Å². The van der Waals surface area contributed by atoms with Gasteiger partial charge in [0.2, 0.25) is 0 Å². The molecule has 8 heteroatoms. The molecular weight excluding hydrogens is 348 g/mol. The number of anilines is 2. The number of carbonyl (C=O) groups is 2. The van der Waals surface area contributed by atoms with E-state index in [1.807, 2.05) is 6.07 Å². The van der Waals surface area contributed by atoms with Crippen molar-refractivity contribution in [2.75, 3.05) is 30.9 Å². The van der Waals surface area contributed by atoms with Gasteiger partial charge in [-0.25, -0.2) is 9.59 Å². The predicted octanol–water partition coefficient (Wildman–Crippen LogP) is 3.37. The molecule has 0 saturated carbocycles. The molecule has 8 nitrogen and oxygen atoms in total. The zero-order chi connectivity index (χ0) is 19.6. The molecule has 0 fully saturated rings. The number of carbonyl (C=O) groups excluding carboxylic acids is 2. The Hall–Kier alpha value is -3.73. The standard InChI is InChI=1S/C19H20N4O4/c1-21-18(24)22-14-6-3-9-17(12-14)27-19(25)23(11-5-10-20)15-7-4-8-16(13-15)26-2/h3-4,6-9,12-13H,5,11H2,1-2H3,(H2,21,22,24). The minimum atomic E-state index is -0.643. The maximum atomic E-state index is 12.7. The molecular formula is C19H20N4O4. The molecule has 140 valence electrons. The zero-order valence-corrected chi connectivity index (χ0v) is 15.1. The van der Waals surface area contributed by atoms with Crippen molar-refractivity contribution in [3.63, 3.8) is 0 Å². The van der Waals surface area contributed by atoms with Gasteiger partial charge in [-0.1, -0.05) is 12.1 Å². The number of urea groups is 1. The van der Waals surface area contributed by atoms with E-state index in [0.29, 0.717) is 17.1 Å². The van der Waals surface area contributed by atoms with Crippen LogP contribution < -0.4 is 25.0 Å². The number of nitrogens with one attached hydrogen (secondary N) is 2. The van der Waals surface area contributed by atoms with Crippen molar-refractivity contribution >= 4 is 23.5 Å². The summed E-state index contributed by atoms with van der Waals surface area (Å²) in [7, 11) is 3.03. The summed E-state index contributed by atoms with van der Waals surface area (Å²) in [6.45, 7) is 0.165. The van der Waals surface area contributed by atoms with Crippen LogP contribution in [0.4, 0.5) is 21.0 Å². The lowest BCUT2D eigenvalue weighted by Crippen LogP contribution is -2.34. The van der Waals surface area contributed by atoms with E-state index < -0.39 is 6.09 Å². The minimum absolute atomic E-state index is 0.143. The summed E-state index contributed by atoms with van der Waals surface area (Å²) >= 11 is 0. The molecule has 2 rings (SSSR count). The molecule has 0 bridgehead atoms. The monoisotopic (exact) mass is 368 g/mol. The molecule has 0 aliphatic rings. The Morgan fingerprint density at radius 2 is 1.89 bits per heavy atom. The zero-order valence-electron chi connectivity index (χ0n) is 15.1. The van der Waals surface area contributed by atoms with Gasteiger partial charge >= 0.3 is 12.1 Å². The first-order chi connectivity index (χ1) is 13.1. The van der Waals surface area contributed by atoms with Crippen LogP contribution in [0.5, 0.6) is 11.5 Å². The van der Waals surface area contributed by atoms with Crippen molar-refractivity contribution in [1.29, 1.82) is 5.26 Å². The van der Waals surface area contributed by atoms with Crippen molar-refractivity contribution in [2.45, 2.75) is 6.42 Å². The van der Waals surface area contributed by atoms with Crippen molar-refractivity contribution in [2.24, 2.45) is 0 Å². The van der Waals surface area contributed by atoms with Gasteiger partial charge in [-0.3, -0.25) is 4.90 Å². The molecule has 27 heavy (non-hydrogen) atoms. The Morgan fingerprint density at radius 3 is 2.59 bits per heavy atom. The molecule has 0 aliphatic heterocycles. The fourth-order valence-electron chi connectivity index (χ4n) is 2.25. The van der Waals surface area contributed by atoms with Gasteiger partial charge in [0.15, 0.2) is 0 Å². The fourth-order valence-corrected chi connectivity index (χ4v) is 2.25. The second-order valence-corrected chi connectivity index (χ2v) is 5.36. The van der Waals surface area contributed by atoms with Gasteiger partial charge in [0.05, 0.1) is 25.3 Å². The highest BCUT2D eigenvalue weighted by atomic mass is 16.6. The summed E-state index contributed by atoms with van der Waals surface area (Å²) in [4.78, 5) is 25.4. The summed E-state index contributed by atoms with van der Waals surface area (Å²) in [6.07, 6.45) is -0.500. The second-order valence-electron chi connectivity index (χ2n) is 5.36. The third-order valence-corrected chi connectivity index (χ3v) is 3.56. The Labute approximate surface area is 157 Å². The highest BCUT2D eigenvalue weighted by Crippen LogP contribution is 2.24. The number of rotatable bonds is 6. The van der Waals surface area contributed by atoms with Crippen molar-refractivity contribution < 1.29 is 19.1 Å². The first-order valence-corrected chi connectivity index (χ1v) is 8.16. The average molecular weight is 368 g/mol. The van der Waals surface area contributed by atoms with E-state index in [2.05, 4.69) is 10.6 Å². The van der Waals surface area contributed by atoms with Gasteiger partial charge in [0, 0.05) is 31.4 Å². The number of methoxy groups -OCH3 is 1. The Bertz CT molecular complexity index is 848. The van der Waals surface area contributed by atoms with E-state index in [0.717, 1.165) is 0 Å². The number of hydrogen-bond acceptors (Lipinski definition) is 5. The molecule has 2 aromatic carbocycles. The second kappa shape index (κ2) is 9.68. The third-order valence-electron chi connectivity index (χ3n) is 3.56. The Balaban J connectivity index is 2.19. The average Bonchev–Trinajstić information content (AvgIpc) is 2.68. The molecule has 0 unspecified atom stereocenters. The normalized spacial score (nSPS) is 9.67. The maximum Gasteiger partial charge on any atom is 0.419 e. The smallest absolute Gasteiger partial charge is 0.419 e. The van der Waals surface area contributed by atoms with E-state index in [4.69, 9.17) is 14.7 Å². The van der Waals surface area contributed by atoms with Crippen LogP contribution in [0.1, 0.15) is 6.42 Å². The molecule has 0 atom stereocenters. The van der Waals surface area contributed by atoms with Crippen LogP contribution in [0.15, 0.2) is 48.5 Å². The van der Waals surface area contributed by atoms with E-state index in [-0.39, 0.29) is 24.7 Å². The third kappa shape index (κ3) is 5.64. The molecule has 2 aromatic rings. The van der Waals surface area contributed by atoms with Crippen molar-refractivity contribution in [3.05, 3.63) is 48.5 Å². The largest absolute Gasteiger partial charge is 0.497 e. The first kappa shape index (κ1) is 19.6. The number of nitriles is 1. The number of benzene rings is 2. The molecule has 0 aromatic heterocycles. The first-order valence-electron chi connectivity index (χ1n) is 8.16. The molecule has 0 spiro atoms. The lowest BCUT2D eigenvalue weighted by atomic mass is 10.2. The van der Waals surface area contributed by atoms with Crippen LogP contribution in [0.3, 0.4) is 0 Å². The summed E-state index contributed by atoms with van der Waals surface area (Å²) < 4.78 is 10.6. The van der Waals surface area contributed by atoms with Gasteiger partial charge in [-0.05, 0) is 24.3 Å². The summed E-state index contributed by atoms with van der Waals surface area (Å²) in [5, 5.41) is 13.9. The quantitative estimate of drug-likeness (QED) is 0.814. The molecule has 0 heterocycles. The van der Waals surface area contributed by atoms with Crippen LogP contribution >= 0.6 is 0 Å². The van der Waals surface area contributed by atoms with Crippen LogP contribution in [-0.2, 0) is 0 Å². The summed E-state index contributed by atoms with van der Waals surface area (Å²) in [5.74, 6) is 0.845. The van der Waals surface area contributed by atoms with Gasteiger partial charge in [0.25, 0.3) is 0 Å². The summed E-state index contributed by atoms with van der Waals surface area (Å²) in [6, 6.07) is 15.0. The van der Waals surface area contributed by atoms with Crippen molar-refractivity contribution in [3.8, 4) is 17.6 Å². The highest BCUT2D eigenvalue weighted by Gasteiger charge is 2.18. The van der Waals surface area contributed by atoms with Gasteiger partial charge in [0.1, 0.15) is 11.5 Å². The SMILES string of the molecule is CNC(=O)Nc1cccc(OC(=O)N(CCC#N)c2cccc(OC)c2)c1. The van der Waals surface area contributed by atoms with Crippen LogP contribution in [0.25, 0.3) is 0 Å². The van der Waals surface area contributed by atoms with E-state index in [1.54, 1.807) is 42.5 Å². The lowest BCUT2D eigenvalue weighted by molar-refractivity contribution is 0.207. The van der Waals surface area contributed by atoms with Crippen LogP contribution in [-0.4, -0.2) is 32.8 Å². The van der Waals surface area contributed by atoms with Gasteiger partial charge < -0.3 is 20.1 Å². The summed E-state index contributed by atoms with van der Waals surface area (Å²) in [5.41, 5.74) is 1.03. The number of nitrogens with zero attached hydrogens (tertiary/aromatic N) is 2. The predicted molar refractivity (Wildman–Crippen MR) is 101 cm³/mol. The van der Waals surface area contributed by atoms with Gasteiger partial charge in [-0.2, -0.15) is 5.26 Å². The Kier molecular flexibility index (Phi) is 7.02. The molecule has 2 N–H and O–H groups in total. The number of amides is 3. The molecule has 3 amide bonds. The molecule has 0 saturated heterocycles. The van der Waals surface area contributed by atoms with E-state index in [9.17, 15) is 9.59 Å². The molecule has 0 radical (unpaired) electrons. The fraction of sp³-hybridized carbons (Fsp3) is 0.211. The van der Waals surface area contributed by atoms with Crippen LogP contribution in [0, 0.1) is 11.3 Å². The van der Waals surface area contributed by atoms with Crippen molar-refractivity contribution in [1.82, 2.24) is 5.32 Å². The van der Waals surface area contributed by atoms with Gasteiger partial charge in [-0.15, -0.1) is 0 Å². The Morgan fingerprint density at radius 1 is 1.15 bits per heavy atom.